The van der Waals surface area contributed by atoms with E-state index in [9.17, 15) is 19.2 Å². The lowest BCUT2D eigenvalue weighted by Crippen LogP contribution is -2.55. The second kappa shape index (κ2) is 6.62. The molecule has 3 fully saturated rings. The summed E-state index contributed by atoms with van der Waals surface area (Å²) in [5, 5.41) is 9.63. The third-order valence-electron chi connectivity index (χ3n) is 4.91. The van der Waals surface area contributed by atoms with Gasteiger partial charge in [-0.05, 0) is 53.5 Å². The lowest BCUT2D eigenvalue weighted by molar-refractivity contribution is -0.124. The van der Waals surface area contributed by atoms with Gasteiger partial charge in [-0.2, -0.15) is 0 Å². The van der Waals surface area contributed by atoms with E-state index >= 15 is 0 Å². The SMILES string of the molecule is O=C1NC(=O)C(I)(C#Cc2ccc(N3CCC4(CC3)NC(=O)NC4=O)nc2)N1. The molecule has 28 heavy (non-hydrogen) atoms. The number of nitrogens with one attached hydrogen (secondary N) is 4. The Labute approximate surface area is 173 Å². The molecule has 4 heterocycles. The molecule has 3 aliphatic rings. The van der Waals surface area contributed by atoms with Crippen LogP contribution in [0, 0.1) is 11.8 Å². The fourth-order valence-electron chi connectivity index (χ4n) is 3.32. The summed E-state index contributed by atoms with van der Waals surface area (Å²) in [6.45, 7) is 1.16. The zero-order valence-electron chi connectivity index (χ0n) is 14.5. The number of piperidine rings is 1. The van der Waals surface area contributed by atoms with Crippen molar-refractivity contribution in [3.8, 4) is 11.8 Å². The largest absolute Gasteiger partial charge is 0.356 e. The number of anilines is 1. The van der Waals surface area contributed by atoms with Gasteiger partial charge >= 0.3 is 12.1 Å². The van der Waals surface area contributed by atoms with Crippen LogP contribution in [0.25, 0.3) is 0 Å². The Morgan fingerprint density at radius 3 is 2.21 bits per heavy atom. The Morgan fingerprint density at radius 1 is 1.00 bits per heavy atom. The van der Waals surface area contributed by atoms with E-state index in [1.165, 1.54) is 0 Å². The number of pyridine rings is 1. The zero-order valence-corrected chi connectivity index (χ0v) is 16.6. The molecule has 1 atom stereocenters. The highest BCUT2D eigenvalue weighted by Gasteiger charge is 2.48. The molecule has 4 rings (SSSR count). The third-order valence-corrected chi connectivity index (χ3v) is 5.94. The van der Waals surface area contributed by atoms with Gasteiger partial charge in [-0.25, -0.2) is 14.6 Å². The molecule has 3 aliphatic heterocycles. The Hall–Kier alpha value is -2.88. The first-order valence-corrected chi connectivity index (χ1v) is 9.58. The van der Waals surface area contributed by atoms with Crippen molar-refractivity contribution in [2.45, 2.75) is 21.9 Å². The van der Waals surface area contributed by atoms with E-state index in [0.717, 1.165) is 5.82 Å². The first kappa shape index (κ1) is 18.5. The van der Waals surface area contributed by atoms with Gasteiger partial charge in [0.15, 0.2) is 0 Å². The number of urea groups is 2. The van der Waals surface area contributed by atoms with Crippen molar-refractivity contribution in [1.82, 2.24) is 26.3 Å². The summed E-state index contributed by atoms with van der Waals surface area (Å²) < 4.78 is -1.29. The average Bonchev–Trinajstić information content (AvgIpc) is 3.08. The monoisotopic (exact) mass is 494 g/mol. The smallest absolute Gasteiger partial charge is 0.323 e. The summed E-state index contributed by atoms with van der Waals surface area (Å²) in [4.78, 5) is 52.8. The normalized spacial score (nSPS) is 25.5. The Bertz CT molecular complexity index is 945. The maximum absolute atomic E-state index is 12.0. The summed E-state index contributed by atoms with van der Waals surface area (Å²) in [5.74, 6) is 5.56. The lowest BCUT2D eigenvalue weighted by atomic mass is 9.88. The predicted octanol–water partition coefficient (Wildman–Crippen LogP) is -0.418. The van der Waals surface area contributed by atoms with Gasteiger partial charge in [-0.1, -0.05) is 5.92 Å². The number of hydrogen-bond donors (Lipinski definition) is 4. The van der Waals surface area contributed by atoms with Gasteiger partial charge < -0.3 is 15.5 Å². The van der Waals surface area contributed by atoms with Gasteiger partial charge in [0.2, 0.25) is 3.55 Å². The number of alkyl halides is 1. The first-order chi connectivity index (χ1) is 13.3. The highest BCUT2D eigenvalue weighted by Crippen LogP contribution is 2.28. The van der Waals surface area contributed by atoms with Crippen molar-refractivity contribution in [2.24, 2.45) is 0 Å². The third kappa shape index (κ3) is 3.24. The van der Waals surface area contributed by atoms with E-state index in [1.807, 2.05) is 11.0 Å². The molecule has 1 unspecified atom stereocenters. The van der Waals surface area contributed by atoms with Crippen LogP contribution >= 0.6 is 22.6 Å². The molecule has 0 aliphatic carbocycles. The summed E-state index contributed by atoms with van der Waals surface area (Å²) in [7, 11) is 0. The van der Waals surface area contributed by atoms with Crippen molar-refractivity contribution < 1.29 is 19.2 Å². The molecule has 0 radical (unpaired) electrons. The topological polar surface area (TPSA) is 133 Å². The highest BCUT2D eigenvalue weighted by atomic mass is 127. The van der Waals surface area contributed by atoms with Gasteiger partial charge in [0.25, 0.3) is 11.8 Å². The second-order valence-corrected chi connectivity index (χ2v) is 8.32. The van der Waals surface area contributed by atoms with Crippen LogP contribution in [0.2, 0.25) is 0 Å². The Morgan fingerprint density at radius 2 is 1.68 bits per heavy atom. The Balaban J connectivity index is 1.42. The fraction of sp³-hybridized carbons (Fsp3) is 0.353. The van der Waals surface area contributed by atoms with Crippen LogP contribution in [0.4, 0.5) is 15.4 Å². The molecule has 144 valence electrons. The quantitative estimate of drug-likeness (QED) is 0.138. The molecule has 11 heteroatoms. The molecule has 0 saturated carbocycles. The molecule has 10 nitrogen and oxygen atoms in total. The number of halogens is 1. The van der Waals surface area contributed by atoms with E-state index in [-0.39, 0.29) is 5.91 Å². The summed E-state index contributed by atoms with van der Waals surface area (Å²) >= 11 is 1.78. The molecule has 1 aromatic rings. The average molecular weight is 494 g/mol. The number of rotatable bonds is 1. The number of nitrogens with zero attached hydrogens (tertiary/aromatic N) is 2. The van der Waals surface area contributed by atoms with Crippen molar-refractivity contribution in [3.05, 3.63) is 23.9 Å². The zero-order chi connectivity index (χ0) is 19.9. The van der Waals surface area contributed by atoms with Crippen molar-refractivity contribution in [2.75, 3.05) is 18.0 Å². The van der Waals surface area contributed by atoms with Crippen LogP contribution in [0.15, 0.2) is 18.3 Å². The lowest BCUT2D eigenvalue weighted by Gasteiger charge is -2.37. The van der Waals surface area contributed by atoms with E-state index in [2.05, 4.69) is 38.1 Å². The van der Waals surface area contributed by atoms with Crippen LogP contribution < -0.4 is 26.2 Å². The standard InChI is InChI=1S/C17H15IN6O4/c18-17(13(26)21-15(28)23-17)4-3-10-1-2-11(19-9-10)24-7-5-16(6-8-24)12(25)20-14(27)22-16/h1-2,9H,5-8H2,(H2,20,22,25,27)(H2,21,23,26,28). The number of carbonyl (C=O) groups excluding carboxylic acids is 4. The highest BCUT2D eigenvalue weighted by molar-refractivity contribution is 14.1. The number of carbonyl (C=O) groups is 4. The number of hydrogen-bond acceptors (Lipinski definition) is 6. The van der Waals surface area contributed by atoms with Crippen molar-refractivity contribution in [3.63, 3.8) is 0 Å². The molecular formula is C17H15IN6O4. The number of aromatic nitrogens is 1. The van der Waals surface area contributed by atoms with Crippen molar-refractivity contribution >= 4 is 52.3 Å². The van der Waals surface area contributed by atoms with Gasteiger partial charge in [-0.15, -0.1) is 0 Å². The maximum Gasteiger partial charge on any atom is 0.323 e. The Kier molecular flexibility index (Phi) is 4.37. The minimum absolute atomic E-state index is 0.272. The molecule has 6 amide bonds. The van der Waals surface area contributed by atoms with Crippen LogP contribution in [0.5, 0.6) is 0 Å². The van der Waals surface area contributed by atoms with Crippen LogP contribution in [-0.2, 0) is 9.59 Å². The first-order valence-electron chi connectivity index (χ1n) is 8.50. The molecular weight excluding hydrogens is 479 g/mol. The van der Waals surface area contributed by atoms with Gasteiger partial charge in [0, 0.05) is 24.8 Å². The van der Waals surface area contributed by atoms with E-state index in [0.29, 0.717) is 31.5 Å². The maximum atomic E-state index is 12.0. The molecule has 3 saturated heterocycles. The van der Waals surface area contributed by atoms with E-state index in [4.69, 9.17) is 0 Å². The molecule has 4 N–H and O–H groups in total. The minimum Gasteiger partial charge on any atom is -0.356 e. The predicted molar refractivity (Wildman–Crippen MR) is 105 cm³/mol. The van der Waals surface area contributed by atoms with Crippen LogP contribution in [0.1, 0.15) is 18.4 Å². The number of imide groups is 2. The summed E-state index contributed by atoms with van der Waals surface area (Å²) in [5.41, 5.74) is -0.218. The second-order valence-electron chi connectivity index (χ2n) is 6.70. The van der Waals surface area contributed by atoms with Gasteiger partial charge in [-0.3, -0.25) is 20.2 Å². The van der Waals surface area contributed by atoms with Gasteiger partial charge in [0.1, 0.15) is 11.4 Å². The number of amides is 6. The van der Waals surface area contributed by atoms with Crippen LogP contribution in [-0.4, -0.2) is 51.0 Å². The molecule has 0 aromatic carbocycles. The van der Waals surface area contributed by atoms with Crippen molar-refractivity contribution in [1.29, 1.82) is 0 Å². The molecule has 1 aromatic heterocycles. The van der Waals surface area contributed by atoms with E-state index in [1.54, 1.807) is 34.9 Å². The fourth-order valence-corrected chi connectivity index (χ4v) is 3.84. The minimum atomic E-state index is -1.29. The van der Waals surface area contributed by atoms with Crippen LogP contribution in [0.3, 0.4) is 0 Å². The van der Waals surface area contributed by atoms with Gasteiger partial charge in [0.05, 0.1) is 0 Å². The van der Waals surface area contributed by atoms with E-state index < -0.39 is 27.1 Å². The molecule has 1 spiro atoms. The summed E-state index contributed by atoms with van der Waals surface area (Å²) in [6, 6.07) is 2.57. The molecule has 0 bridgehead atoms. The summed E-state index contributed by atoms with van der Waals surface area (Å²) in [6.07, 6.45) is 2.59.